The normalized spacial score (nSPS) is 10.5. The van der Waals surface area contributed by atoms with Gasteiger partial charge in [-0.2, -0.15) is 8.42 Å². The van der Waals surface area contributed by atoms with Gasteiger partial charge in [-0.15, -0.1) is 0 Å². The Morgan fingerprint density at radius 2 is 1.73 bits per heavy atom. The fourth-order valence-corrected chi connectivity index (χ4v) is 1.35. The Labute approximate surface area is 131 Å². The van der Waals surface area contributed by atoms with Crippen molar-refractivity contribution in [2.24, 2.45) is 0 Å². The van der Waals surface area contributed by atoms with Gasteiger partial charge >= 0.3 is 51.4 Å². The van der Waals surface area contributed by atoms with Crippen molar-refractivity contribution in [3.05, 3.63) is 24.3 Å². The second-order valence-corrected chi connectivity index (χ2v) is 3.94. The van der Waals surface area contributed by atoms with Crippen molar-refractivity contribution < 1.29 is 22.8 Å². The molecule has 0 unspecified atom stereocenters. The van der Waals surface area contributed by atoms with Gasteiger partial charge in [0.1, 0.15) is 12.4 Å². The molecule has 1 aromatic carbocycles. The summed E-state index contributed by atoms with van der Waals surface area (Å²) < 4.78 is 34.9. The average Bonchev–Trinajstić information content (AvgIpc) is 2.14. The third kappa shape index (κ3) is 5.41. The molecule has 0 aliphatic heterocycles. The minimum atomic E-state index is -4.15. The third-order valence-electron chi connectivity index (χ3n) is 1.48. The van der Waals surface area contributed by atoms with Crippen molar-refractivity contribution in [2.75, 3.05) is 13.2 Å². The predicted octanol–water partition coefficient (Wildman–Crippen LogP) is -0.344. The van der Waals surface area contributed by atoms with Crippen LogP contribution in [0.2, 0.25) is 0 Å². The first-order valence-electron chi connectivity index (χ1n) is 3.85. The van der Waals surface area contributed by atoms with E-state index in [1.165, 1.54) is 24.3 Å². The molecule has 1 rings (SSSR count). The zero-order valence-corrected chi connectivity index (χ0v) is 8.07. The van der Waals surface area contributed by atoms with Gasteiger partial charge in [0.25, 0.3) is 10.1 Å². The van der Waals surface area contributed by atoms with E-state index >= 15 is 0 Å². The number of hydrogen-bond donors (Lipinski definition) is 2. The molecule has 15 heavy (non-hydrogen) atoms. The fraction of sp³-hybridized carbons (Fsp3) is 0.250. The van der Waals surface area contributed by atoms with Gasteiger partial charge in [-0.25, -0.2) is 0 Å². The molecule has 2 N–H and O–H groups in total. The molecule has 0 bridgehead atoms. The Morgan fingerprint density at radius 1 is 1.20 bits per heavy atom. The van der Waals surface area contributed by atoms with Crippen LogP contribution in [0.1, 0.15) is 0 Å². The summed E-state index contributed by atoms with van der Waals surface area (Å²) in [4.78, 5) is -0.186. The van der Waals surface area contributed by atoms with Crippen LogP contribution >= 0.6 is 0 Å². The van der Waals surface area contributed by atoms with Crippen LogP contribution in [0.5, 0.6) is 5.75 Å². The quantitative estimate of drug-likeness (QED) is 0.570. The van der Waals surface area contributed by atoms with Crippen LogP contribution in [0.4, 0.5) is 0 Å². The molecule has 0 aromatic heterocycles. The summed E-state index contributed by atoms with van der Waals surface area (Å²) in [6.07, 6.45) is 0. The summed E-state index contributed by atoms with van der Waals surface area (Å²) in [7, 11) is -4.15. The van der Waals surface area contributed by atoms with Crippen molar-refractivity contribution in [1.82, 2.24) is 0 Å². The number of aliphatic hydroxyl groups is 1. The number of ether oxygens (including phenoxy) is 1. The van der Waals surface area contributed by atoms with Gasteiger partial charge in [0, 0.05) is 0 Å². The summed E-state index contributed by atoms with van der Waals surface area (Å²) >= 11 is 0. The maximum atomic E-state index is 10.6. The number of aliphatic hydroxyl groups excluding tert-OH is 1. The molecule has 0 spiro atoms. The van der Waals surface area contributed by atoms with E-state index in [0.717, 1.165) is 0 Å². The SMILES string of the molecule is O=S(=O)(O)c1ccc(OCCO)cc1.[KH]. The van der Waals surface area contributed by atoms with Crippen LogP contribution in [0.3, 0.4) is 0 Å². The molecule has 0 fully saturated rings. The van der Waals surface area contributed by atoms with Gasteiger partial charge in [0.15, 0.2) is 0 Å². The molecule has 0 heterocycles. The van der Waals surface area contributed by atoms with Gasteiger partial charge in [-0.3, -0.25) is 4.55 Å². The van der Waals surface area contributed by atoms with E-state index in [4.69, 9.17) is 14.4 Å². The monoisotopic (exact) mass is 258 g/mol. The molecule has 1 aromatic rings. The van der Waals surface area contributed by atoms with E-state index in [2.05, 4.69) is 0 Å². The van der Waals surface area contributed by atoms with Gasteiger partial charge in [-0.1, -0.05) is 0 Å². The summed E-state index contributed by atoms with van der Waals surface area (Å²) in [5.74, 6) is 0.437. The zero-order valence-electron chi connectivity index (χ0n) is 7.25. The Morgan fingerprint density at radius 3 is 2.13 bits per heavy atom. The molecule has 0 atom stereocenters. The van der Waals surface area contributed by atoms with Crippen molar-refractivity contribution in [2.45, 2.75) is 4.90 Å². The zero-order chi connectivity index (χ0) is 10.6. The van der Waals surface area contributed by atoms with Crippen molar-refractivity contribution in [3.8, 4) is 5.75 Å². The molecule has 0 saturated heterocycles. The fourth-order valence-electron chi connectivity index (χ4n) is 0.871. The van der Waals surface area contributed by atoms with Crippen molar-refractivity contribution in [1.29, 1.82) is 0 Å². The molecule has 7 heteroatoms. The van der Waals surface area contributed by atoms with Crippen LogP contribution in [0, 0.1) is 0 Å². The Hall–Kier alpha value is 0.526. The second kappa shape index (κ2) is 6.97. The first kappa shape index (κ1) is 15.5. The first-order chi connectivity index (χ1) is 6.54. The summed E-state index contributed by atoms with van der Waals surface area (Å²) in [6.45, 7) is 0.0330. The summed E-state index contributed by atoms with van der Waals surface area (Å²) in [5.41, 5.74) is 0. The Balaban J connectivity index is 0.00000196. The van der Waals surface area contributed by atoms with Crippen molar-refractivity contribution in [3.63, 3.8) is 0 Å². The number of benzene rings is 1. The Kier molecular flexibility index (Phi) is 7.22. The Bertz CT molecular complexity index is 386. The van der Waals surface area contributed by atoms with Gasteiger partial charge < -0.3 is 9.84 Å². The van der Waals surface area contributed by atoms with E-state index < -0.39 is 10.1 Å². The summed E-state index contributed by atoms with van der Waals surface area (Å²) in [6, 6.07) is 5.25. The van der Waals surface area contributed by atoms with E-state index in [9.17, 15) is 8.42 Å². The van der Waals surface area contributed by atoms with E-state index in [1.54, 1.807) is 0 Å². The minimum absolute atomic E-state index is 0. The standard InChI is InChI=1S/C8H10O5S.K.H/c9-5-6-13-7-1-3-8(4-2-7)14(10,11)12;;/h1-4,9H,5-6H2,(H,10,11,12);;. The molecule has 0 amide bonds. The molecule has 5 nitrogen and oxygen atoms in total. The summed E-state index contributed by atoms with van der Waals surface area (Å²) in [5, 5.41) is 8.45. The second-order valence-electron chi connectivity index (χ2n) is 2.52. The molecular formula is C8H11KO5S. The van der Waals surface area contributed by atoms with Gasteiger partial charge in [0.05, 0.1) is 11.5 Å². The molecule has 0 aliphatic carbocycles. The van der Waals surface area contributed by atoms with Gasteiger partial charge in [-0.05, 0) is 24.3 Å². The van der Waals surface area contributed by atoms with E-state index in [0.29, 0.717) is 5.75 Å². The maximum absolute atomic E-state index is 10.6. The van der Waals surface area contributed by atoms with Crippen LogP contribution in [0.25, 0.3) is 0 Å². The average molecular weight is 258 g/mol. The van der Waals surface area contributed by atoms with E-state index in [-0.39, 0.29) is 69.5 Å². The predicted molar refractivity (Wildman–Crippen MR) is 56.0 cm³/mol. The number of rotatable bonds is 4. The first-order valence-corrected chi connectivity index (χ1v) is 5.29. The van der Waals surface area contributed by atoms with Crippen LogP contribution < -0.4 is 4.74 Å². The van der Waals surface area contributed by atoms with E-state index in [1.807, 2.05) is 0 Å². The molecule has 0 aliphatic rings. The third-order valence-corrected chi connectivity index (χ3v) is 2.35. The molecule has 0 saturated carbocycles. The van der Waals surface area contributed by atoms with Crippen LogP contribution in [-0.4, -0.2) is 82.7 Å². The van der Waals surface area contributed by atoms with Gasteiger partial charge in [0.2, 0.25) is 0 Å². The van der Waals surface area contributed by atoms with Crippen LogP contribution in [-0.2, 0) is 10.1 Å². The van der Waals surface area contributed by atoms with Crippen molar-refractivity contribution >= 4 is 61.5 Å². The molecule has 0 radical (unpaired) electrons. The molecular weight excluding hydrogens is 247 g/mol. The molecule has 80 valence electrons. The number of hydrogen-bond acceptors (Lipinski definition) is 4. The van der Waals surface area contributed by atoms with Crippen LogP contribution in [0.15, 0.2) is 29.2 Å². The topological polar surface area (TPSA) is 83.8 Å².